The predicted octanol–water partition coefficient (Wildman–Crippen LogP) is 0.273. The highest BCUT2D eigenvalue weighted by Crippen LogP contribution is 2.02. The zero-order chi connectivity index (χ0) is 11.4. The first-order chi connectivity index (χ1) is 7.35. The van der Waals surface area contributed by atoms with Crippen molar-refractivity contribution in [3.63, 3.8) is 0 Å². The van der Waals surface area contributed by atoms with E-state index in [2.05, 4.69) is 23.2 Å². The van der Waals surface area contributed by atoms with Gasteiger partial charge in [0.1, 0.15) is 6.73 Å². The molecular formula is C8H20N2O4S. The Kier molecular flexibility index (Phi) is 12.3. The molecule has 0 aromatic rings. The average Bonchev–Trinajstić information content (AvgIpc) is 2.26. The number of methoxy groups -OCH3 is 2. The van der Waals surface area contributed by atoms with Crippen LogP contribution in [0, 0.1) is 0 Å². The molecule has 1 unspecified atom stereocenters. The number of hydroxylamine groups is 1. The molecule has 0 aromatic heterocycles. The molecule has 1 atom stereocenters. The van der Waals surface area contributed by atoms with Crippen LogP contribution in [0.4, 0.5) is 0 Å². The van der Waals surface area contributed by atoms with E-state index in [1.807, 2.05) is 0 Å². The maximum atomic E-state index is 5.23. The van der Waals surface area contributed by atoms with Crippen molar-refractivity contribution in [2.45, 2.75) is 18.9 Å². The average molecular weight is 240 g/mol. The van der Waals surface area contributed by atoms with Crippen molar-refractivity contribution in [3.05, 3.63) is 0 Å². The SMILES string of the molecule is COCNOCCC(CCONS)OC. The molecule has 0 saturated heterocycles. The minimum atomic E-state index is 0.121. The van der Waals surface area contributed by atoms with Gasteiger partial charge in [-0.25, -0.2) is 0 Å². The van der Waals surface area contributed by atoms with Gasteiger partial charge in [0.05, 0.1) is 19.3 Å². The molecule has 0 aliphatic rings. The molecule has 0 rings (SSSR count). The Hall–Kier alpha value is 0.110. The summed E-state index contributed by atoms with van der Waals surface area (Å²) < 4.78 is 9.98. The Morgan fingerprint density at radius 1 is 1.13 bits per heavy atom. The van der Waals surface area contributed by atoms with Crippen molar-refractivity contribution < 1.29 is 19.1 Å². The lowest BCUT2D eigenvalue weighted by molar-refractivity contribution is -0.0400. The molecule has 6 nitrogen and oxygen atoms in total. The normalized spacial score (nSPS) is 13.0. The van der Waals surface area contributed by atoms with Gasteiger partial charge >= 0.3 is 0 Å². The lowest BCUT2D eigenvalue weighted by Crippen LogP contribution is -2.22. The first kappa shape index (κ1) is 15.1. The van der Waals surface area contributed by atoms with Gasteiger partial charge in [-0.2, -0.15) is 5.48 Å². The molecule has 15 heavy (non-hydrogen) atoms. The third-order valence-electron chi connectivity index (χ3n) is 1.79. The van der Waals surface area contributed by atoms with Gasteiger partial charge in [-0.3, -0.25) is 9.68 Å². The number of nitrogens with one attached hydrogen (secondary N) is 2. The fraction of sp³-hybridized carbons (Fsp3) is 1.00. The zero-order valence-electron chi connectivity index (χ0n) is 9.19. The number of hydrogen-bond donors (Lipinski definition) is 3. The standard InChI is InChI=1S/C8H20N2O4S/c1-11-7-9-13-5-3-8(12-2)4-6-14-10-15/h8-10,15H,3-7H2,1-2H3. The summed E-state index contributed by atoms with van der Waals surface area (Å²) in [6, 6.07) is 0. The van der Waals surface area contributed by atoms with Gasteiger partial charge in [0.25, 0.3) is 0 Å². The van der Waals surface area contributed by atoms with Gasteiger partial charge < -0.3 is 9.47 Å². The lowest BCUT2D eigenvalue weighted by Gasteiger charge is -2.14. The van der Waals surface area contributed by atoms with E-state index in [0.717, 1.165) is 12.8 Å². The molecule has 0 aliphatic heterocycles. The van der Waals surface area contributed by atoms with Crippen LogP contribution >= 0.6 is 12.8 Å². The van der Waals surface area contributed by atoms with Crippen molar-refractivity contribution in [1.82, 2.24) is 10.4 Å². The van der Waals surface area contributed by atoms with Crippen LogP contribution in [0.3, 0.4) is 0 Å². The van der Waals surface area contributed by atoms with Crippen LogP contribution in [0.1, 0.15) is 12.8 Å². The summed E-state index contributed by atoms with van der Waals surface area (Å²) in [5.41, 5.74) is 2.65. The molecular weight excluding hydrogens is 220 g/mol. The summed E-state index contributed by atoms with van der Waals surface area (Å²) in [5.74, 6) is 0. The van der Waals surface area contributed by atoms with Gasteiger partial charge in [0.15, 0.2) is 0 Å². The maximum absolute atomic E-state index is 5.23. The molecule has 0 fully saturated rings. The fourth-order valence-electron chi connectivity index (χ4n) is 0.979. The molecule has 0 heterocycles. The Balaban J connectivity index is 3.28. The summed E-state index contributed by atoms with van der Waals surface area (Å²) in [5, 5.41) is 0. The molecule has 7 heteroatoms. The predicted molar refractivity (Wildman–Crippen MR) is 59.1 cm³/mol. The van der Waals surface area contributed by atoms with Gasteiger partial charge in [-0.05, 0) is 12.8 Å². The van der Waals surface area contributed by atoms with Crippen LogP contribution in [0.15, 0.2) is 0 Å². The summed E-state index contributed by atoms with van der Waals surface area (Å²) in [7, 11) is 3.26. The molecule has 0 amide bonds. The van der Waals surface area contributed by atoms with Crippen LogP contribution in [-0.2, 0) is 19.1 Å². The largest absolute Gasteiger partial charge is 0.381 e. The molecule has 0 bridgehead atoms. The van der Waals surface area contributed by atoms with E-state index in [-0.39, 0.29) is 6.10 Å². The molecule has 2 N–H and O–H groups in total. The Bertz CT molecular complexity index is 131. The van der Waals surface area contributed by atoms with Crippen molar-refractivity contribution in [2.75, 3.05) is 34.2 Å². The van der Waals surface area contributed by atoms with Crippen molar-refractivity contribution in [2.24, 2.45) is 0 Å². The first-order valence-electron chi connectivity index (χ1n) is 4.72. The lowest BCUT2D eigenvalue weighted by atomic mass is 10.2. The smallest absolute Gasteiger partial charge is 0.119 e. The van der Waals surface area contributed by atoms with Crippen molar-refractivity contribution >= 4 is 12.8 Å². The van der Waals surface area contributed by atoms with Crippen LogP contribution in [-0.4, -0.2) is 40.3 Å². The van der Waals surface area contributed by atoms with E-state index in [1.54, 1.807) is 14.2 Å². The Labute approximate surface area is 96.0 Å². The highest BCUT2D eigenvalue weighted by Gasteiger charge is 2.06. The van der Waals surface area contributed by atoms with E-state index < -0.39 is 0 Å². The van der Waals surface area contributed by atoms with Crippen molar-refractivity contribution in [3.8, 4) is 0 Å². The third kappa shape index (κ3) is 10.4. The van der Waals surface area contributed by atoms with E-state index >= 15 is 0 Å². The van der Waals surface area contributed by atoms with Crippen LogP contribution < -0.4 is 10.4 Å². The molecule has 0 radical (unpaired) electrons. The highest BCUT2D eigenvalue weighted by atomic mass is 32.1. The molecule has 0 spiro atoms. The molecule has 92 valence electrons. The van der Waals surface area contributed by atoms with E-state index in [1.165, 1.54) is 0 Å². The van der Waals surface area contributed by atoms with Gasteiger partial charge in [-0.15, -0.1) is 4.89 Å². The van der Waals surface area contributed by atoms with Crippen molar-refractivity contribution in [1.29, 1.82) is 0 Å². The topological polar surface area (TPSA) is 61.0 Å². The number of thiol groups is 1. The van der Waals surface area contributed by atoms with E-state index in [9.17, 15) is 0 Å². The van der Waals surface area contributed by atoms with Crippen LogP contribution in [0.25, 0.3) is 0 Å². The summed E-state index contributed by atoms with van der Waals surface area (Å²) in [6.45, 7) is 1.49. The second-order valence-corrected chi connectivity index (χ2v) is 2.98. The van der Waals surface area contributed by atoms with Gasteiger partial charge in [0, 0.05) is 14.2 Å². The summed E-state index contributed by atoms with van der Waals surface area (Å²) in [6.07, 6.45) is 1.71. The second kappa shape index (κ2) is 12.2. The monoisotopic (exact) mass is 240 g/mol. The van der Waals surface area contributed by atoms with Gasteiger partial charge in [0.2, 0.25) is 0 Å². The third-order valence-corrected chi connectivity index (χ3v) is 1.92. The van der Waals surface area contributed by atoms with Crippen LogP contribution in [0.5, 0.6) is 0 Å². The van der Waals surface area contributed by atoms with E-state index in [4.69, 9.17) is 19.1 Å². The molecule has 0 saturated carbocycles. The van der Waals surface area contributed by atoms with Crippen LogP contribution in [0.2, 0.25) is 0 Å². The number of ether oxygens (including phenoxy) is 2. The molecule has 0 aliphatic carbocycles. The Morgan fingerprint density at radius 3 is 2.33 bits per heavy atom. The Morgan fingerprint density at radius 2 is 1.80 bits per heavy atom. The van der Waals surface area contributed by atoms with E-state index in [0.29, 0.717) is 19.9 Å². The quantitative estimate of drug-likeness (QED) is 0.209. The maximum Gasteiger partial charge on any atom is 0.119 e. The minimum absolute atomic E-state index is 0.121. The van der Waals surface area contributed by atoms with Gasteiger partial charge in [-0.1, -0.05) is 12.8 Å². The highest BCUT2D eigenvalue weighted by molar-refractivity contribution is 7.77. The zero-order valence-corrected chi connectivity index (χ0v) is 10.1. The molecule has 0 aromatic carbocycles. The first-order valence-corrected chi connectivity index (χ1v) is 5.17. The minimum Gasteiger partial charge on any atom is -0.381 e. The second-order valence-electron chi connectivity index (χ2n) is 2.80. The summed E-state index contributed by atoms with van der Waals surface area (Å²) in [4.78, 5) is 12.3. The number of hydrogen-bond acceptors (Lipinski definition) is 7. The fourth-order valence-corrected chi connectivity index (χ4v) is 1.07. The summed E-state index contributed by atoms with van der Waals surface area (Å²) >= 11 is 3.70. The number of rotatable bonds is 11.